The molecule has 0 heterocycles. The first kappa shape index (κ1) is 17.0. The summed E-state index contributed by atoms with van der Waals surface area (Å²) >= 11 is 0. The molecule has 0 aliphatic carbocycles. The number of nitrogens with zero attached hydrogens (tertiary/aromatic N) is 3. The Bertz CT molecular complexity index is 453. The first-order valence-corrected chi connectivity index (χ1v) is 6.99. The number of ether oxygens (including phenoxy) is 2. The van der Waals surface area contributed by atoms with Crippen molar-refractivity contribution in [1.82, 2.24) is 0 Å². The van der Waals surface area contributed by atoms with Gasteiger partial charge in [-0.25, -0.2) is 0 Å². The van der Waals surface area contributed by atoms with E-state index in [4.69, 9.17) is 20.0 Å². The van der Waals surface area contributed by atoms with Crippen LogP contribution in [0, 0.1) is 22.7 Å². The Labute approximate surface area is 126 Å². The van der Waals surface area contributed by atoms with E-state index in [2.05, 4.69) is 4.90 Å². The minimum Gasteiger partial charge on any atom is -0.367 e. The van der Waals surface area contributed by atoms with Gasteiger partial charge in [-0.3, -0.25) is 0 Å². The van der Waals surface area contributed by atoms with E-state index >= 15 is 0 Å². The zero-order chi connectivity index (χ0) is 15.5. The third kappa shape index (κ3) is 6.76. The Morgan fingerprint density at radius 2 is 1.43 bits per heavy atom. The van der Waals surface area contributed by atoms with Gasteiger partial charge in [-0.1, -0.05) is 18.2 Å². The maximum absolute atomic E-state index is 8.71. The van der Waals surface area contributed by atoms with Crippen molar-refractivity contribution >= 4 is 5.69 Å². The normalized spacial score (nSPS) is 13.0. The number of anilines is 1. The summed E-state index contributed by atoms with van der Waals surface area (Å²) < 4.78 is 10.8. The third-order valence-electron chi connectivity index (χ3n) is 2.94. The second-order valence-corrected chi connectivity index (χ2v) is 4.61. The maximum Gasteiger partial charge on any atom is 0.141 e. The summed E-state index contributed by atoms with van der Waals surface area (Å²) in [5, 5.41) is 17.4. The highest BCUT2D eigenvalue weighted by Gasteiger charge is 2.08. The lowest BCUT2D eigenvalue weighted by atomic mass is 10.3. The number of hydrogen-bond donors (Lipinski definition) is 0. The first-order chi connectivity index (χ1) is 10.2. The number of benzene rings is 1. The molecule has 0 bridgehead atoms. The van der Waals surface area contributed by atoms with E-state index in [1.54, 1.807) is 13.8 Å². The van der Waals surface area contributed by atoms with Gasteiger partial charge < -0.3 is 14.4 Å². The van der Waals surface area contributed by atoms with Gasteiger partial charge in [-0.2, -0.15) is 10.5 Å². The first-order valence-electron chi connectivity index (χ1n) is 6.99. The van der Waals surface area contributed by atoms with Gasteiger partial charge in [0.1, 0.15) is 12.2 Å². The molecule has 0 amide bonds. The highest BCUT2D eigenvalue weighted by Crippen LogP contribution is 2.12. The number of para-hydroxylation sites is 1. The summed E-state index contributed by atoms with van der Waals surface area (Å²) in [7, 11) is 0. The van der Waals surface area contributed by atoms with E-state index in [1.165, 1.54) is 0 Å². The van der Waals surface area contributed by atoms with E-state index in [0.29, 0.717) is 26.3 Å². The second-order valence-electron chi connectivity index (χ2n) is 4.61. The van der Waals surface area contributed by atoms with Gasteiger partial charge >= 0.3 is 0 Å². The quantitative estimate of drug-likeness (QED) is 0.697. The topological polar surface area (TPSA) is 69.3 Å². The summed E-state index contributed by atoms with van der Waals surface area (Å²) in [6.45, 7) is 5.73. The van der Waals surface area contributed by atoms with Gasteiger partial charge in [0.15, 0.2) is 0 Å². The SMILES string of the molecule is CC(C#N)OCCN(CCOC(C)C#N)c1ccccc1. The largest absolute Gasteiger partial charge is 0.367 e. The Hall–Kier alpha value is -2.08. The molecule has 0 spiro atoms. The molecule has 0 fully saturated rings. The van der Waals surface area contributed by atoms with Gasteiger partial charge in [-0.15, -0.1) is 0 Å². The van der Waals surface area contributed by atoms with Crippen LogP contribution in [0.15, 0.2) is 30.3 Å². The molecule has 5 nitrogen and oxygen atoms in total. The molecule has 5 heteroatoms. The van der Waals surface area contributed by atoms with Gasteiger partial charge in [0, 0.05) is 18.8 Å². The predicted octanol–water partition coefficient (Wildman–Crippen LogP) is 2.35. The molecule has 0 radical (unpaired) electrons. The molecule has 112 valence electrons. The van der Waals surface area contributed by atoms with Crippen LogP contribution in [0.1, 0.15) is 13.8 Å². The average Bonchev–Trinajstić information content (AvgIpc) is 2.53. The van der Waals surface area contributed by atoms with Crippen molar-refractivity contribution in [3.05, 3.63) is 30.3 Å². The molecule has 0 saturated carbocycles. The van der Waals surface area contributed by atoms with Crippen LogP contribution in [0.2, 0.25) is 0 Å². The van der Waals surface area contributed by atoms with Crippen LogP contribution in [0.25, 0.3) is 0 Å². The van der Waals surface area contributed by atoms with Crippen molar-refractivity contribution in [2.75, 3.05) is 31.2 Å². The van der Waals surface area contributed by atoms with E-state index in [-0.39, 0.29) is 0 Å². The van der Waals surface area contributed by atoms with Gasteiger partial charge in [-0.05, 0) is 26.0 Å². The van der Waals surface area contributed by atoms with Crippen molar-refractivity contribution in [3.8, 4) is 12.1 Å². The molecule has 0 aliphatic heterocycles. The molecule has 0 saturated heterocycles. The zero-order valence-electron chi connectivity index (χ0n) is 12.5. The molecular weight excluding hydrogens is 266 g/mol. The zero-order valence-corrected chi connectivity index (χ0v) is 12.5. The van der Waals surface area contributed by atoms with E-state index in [0.717, 1.165) is 5.69 Å². The summed E-state index contributed by atoms with van der Waals surface area (Å²) in [4.78, 5) is 2.12. The van der Waals surface area contributed by atoms with Crippen LogP contribution in [-0.4, -0.2) is 38.5 Å². The summed E-state index contributed by atoms with van der Waals surface area (Å²) in [5.41, 5.74) is 1.07. The Morgan fingerprint density at radius 1 is 0.952 bits per heavy atom. The minimum absolute atomic E-state index is 0.405. The molecule has 0 N–H and O–H groups in total. The van der Waals surface area contributed by atoms with Crippen LogP contribution in [0.5, 0.6) is 0 Å². The molecule has 1 aromatic carbocycles. The third-order valence-corrected chi connectivity index (χ3v) is 2.94. The van der Waals surface area contributed by atoms with Crippen LogP contribution in [0.3, 0.4) is 0 Å². The number of nitriles is 2. The molecule has 1 rings (SSSR count). The predicted molar refractivity (Wildman–Crippen MR) is 80.7 cm³/mol. The second kappa shape index (κ2) is 9.77. The molecule has 21 heavy (non-hydrogen) atoms. The molecular formula is C16H21N3O2. The van der Waals surface area contributed by atoms with Crippen molar-refractivity contribution in [3.63, 3.8) is 0 Å². The van der Waals surface area contributed by atoms with Gasteiger partial charge in [0.2, 0.25) is 0 Å². The molecule has 2 unspecified atom stereocenters. The lowest BCUT2D eigenvalue weighted by molar-refractivity contribution is 0.0972. The molecule has 2 atom stereocenters. The molecule has 0 aromatic heterocycles. The van der Waals surface area contributed by atoms with Crippen molar-refractivity contribution in [2.45, 2.75) is 26.1 Å². The average molecular weight is 287 g/mol. The van der Waals surface area contributed by atoms with Crippen LogP contribution in [0.4, 0.5) is 5.69 Å². The van der Waals surface area contributed by atoms with E-state index < -0.39 is 12.2 Å². The van der Waals surface area contributed by atoms with Crippen molar-refractivity contribution in [2.24, 2.45) is 0 Å². The fourth-order valence-electron chi connectivity index (χ4n) is 1.76. The Balaban J connectivity index is 2.51. The van der Waals surface area contributed by atoms with Crippen LogP contribution >= 0.6 is 0 Å². The lowest BCUT2D eigenvalue weighted by Gasteiger charge is -2.25. The highest BCUT2D eigenvalue weighted by molar-refractivity contribution is 5.45. The van der Waals surface area contributed by atoms with Gasteiger partial charge in [0.25, 0.3) is 0 Å². The summed E-state index contributed by atoms with van der Waals surface area (Å²) in [6, 6.07) is 14.0. The lowest BCUT2D eigenvalue weighted by Crippen LogP contribution is -2.32. The van der Waals surface area contributed by atoms with Crippen LogP contribution in [-0.2, 0) is 9.47 Å². The Morgan fingerprint density at radius 3 is 1.86 bits per heavy atom. The minimum atomic E-state index is -0.405. The number of hydrogen-bond acceptors (Lipinski definition) is 5. The highest BCUT2D eigenvalue weighted by atomic mass is 16.5. The van der Waals surface area contributed by atoms with E-state index in [9.17, 15) is 0 Å². The fourth-order valence-corrected chi connectivity index (χ4v) is 1.76. The smallest absolute Gasteiger partial charge is 0.141 e. The fraction of sp³-hybridized carbons (Fsp3) is 0.500. The standard InChI is InChI=1S/C16H21N3O2/c1-14(12-17)20-10-8-19(9-11-21-15(2)13-18)16-6-4-3-5-7-16/h3-7,14-15H,8-11H2,1-2H3. The van der Waals surface area contributed by atoms with Crippen LogP contribution < -0.4 is 4.90 Å². The van der Waals surface area contributed by atoms with Crippen molar-refractivity contribution in [1.29, 1.82) is 10.5 Å². The van der Waals surface area contributed by atoms with Gasteiger partial charge in [0.05, 0.1) is 25.4 Å². The monoisotopic (exact) mass is 287 g/mol. The Kier molecular flexibility index (Phi) is 7.89. The molecule has 0 aliphatic rings. The summed E-state index contributed by atoms with van der Waals surface area (Å²) in [6.07, 6.45) is -0.810. The maximum atomic E-state index is 8.71. The van der Waals surface area contributed by atoms with E-state index in [1.807, 2.05) is 42.5 Å². The molecule has 1 aromatic rings. The summed E-state index contributed by atoms with van der Waals surface area (Å²) in [5.74, 6) is 0. The van der Waals surface area contributed by atoms with Crippen molar-refractivity contribution < 1.29 is 9.47 Å². The number of rotatable bonds is 9.